The Balaban J connectivity index is 1.79. The summed E-state index contributed by atoms with van der Waals surface area (Å²) in [5, 5.41) is 9.70. The van der Waals surface area contributed by atoms with Gasteiger partial charge in [0.05, 0.1) is 11.5 Å². The second-order valence-electron chi connectivity index (χ2n) is 6.34. The van der Waals surface area contributed by atoms with Gasteiger partial charge in [-0.2, -0.15) is 0 Å². The number of benzene rings is 1. The van der Waals surface area contributed by atoms with Crippen molar-refractivity contribution in [2.24, 2.45) is 5.92 Å². The number of aliphatic hydroxyl groups excluding tert-OH is 1. The first-order chi connectivity index (χ1) is 9.63. The van der Waals surface area contributed by atoms with Crippen molar-refractivity contribution in [1.82, 2.24) is 4.90 Å². The van der Waals surface area contributed by atoms with Gasteiger partial charge >= 0.3 is 0 Å². The molecule has 1 aromatic rings. The molecule has 2 atom stereocenters. The van der Waals surface area contributed by atoms with E-state index in [1.54, 1.807) is 0 Å². The fourth-order valence-electron chi connectivity index (χ4n) is 3.58. The van der Waals surface area contributed by atoms with E-state index in [0.717, 1.165) is 37.8 Å². The largest absolute Gasteiger partial charge is 0.393 e. The van der Waals surface area contributed by atoms with E-state index in [1.165, 1.54) is 0 Å². The van der Waals surface area contributed by atoms with Crippen LogP contribution >= 0.6 is 0 Å². The maximum absolute atomic E-state index is 13.0. The van der Waals surface area contributed by atoms with Crippen molar-refractivity contribution < 1.29 is 9.90 Å². The summed E-state index contributed by atoms with van der Waals surface area (Å²) in [5.41, 5.74) is 0.881. The average Bonchev–Trinajstić information content (AvgIpc) is 2.88. The third-order valence-corrected chi connectivity index (χ3v) is 5.14. The van der Waals surface area contributed by atoms with Gasteiger partial charge in [0.15, 0.2) is 0 Å². The second-order valence-corrected chi connectivity index (χ2v) is 6.34. The quantitative estimate of drug-likeness (QED) is 0.918. The Morgan fingerprint density at radius 3 is 2.55 bits per heavy atom. The third-order valence-electron chi connectivity index (χ3n) is 5.14. The highest BCUT2D eigenvalue weighted by molar-refractivity contribution is 5.89. The number of carbonyl (C=O) groups is 1. The fourth-order valence-corrected chi connectivity index (χ4v) is 3.58. The van der Waals surface area contributed by atoms with Crippen LogP contribution in [0.25, 0.3) is 0 Å². The maximum Gasteiger partial charge on any atom is 0.233 e. The highest BCUT2D eigenvalue weighted by atomic mass is 16.3. The molecule has 1 N–H and O–H groups in total. The van der Waals surface area contributed by atoms with Gasteiger partial charge in [-0.3, -0.25) is 4.79 Å². The Bertz CT molecular complexity index is 479. The van der Waals surface area contributed by atoms with E-state index in [1.807, 2.05) is 30.0 Å². The molecular weight excluding hydrogens is 250 g/mol. The lowest BCUT2D eigenvalue weighted by Crippen LogP contribution is -2.50. The van der Waals surface area contributed by atoms with Crippen molar-refractivity contribution in [3.05, 3.63) is 35.9 Å². The predicted molar refractivity (Wildman–Crippen MR) is 78.3 cm³/mol. The van der Waals surface area contributed by atoms with E-state index >= 15 is 0 Å². The molecule has 1 amide bonds. The molecule has 0 aromatic heterocycles. The molecule has 2 unspecified atom stereocenters. The number of hydrogen-bond donors (Lipinski definition) is 1. The van der Waals surface area contributed by atoms with Gasteiger partial charge in [-0.25, -0.2) is 0 Å². The zero-order chi connectivity index (χ0) is 14.2. The SMILES string of the molecule is CC(O)C1CCN(C(=O)C2(c3ccccc3)CCC2)C1. The monoisotopic (exact) mass is 273 g/mol. The van der Waals surface area contributed by atoms with Gasteiger partial charge in [0.25, 0.3) is 0 Å². The molecule has 0 bridgehead atoms. The van der Waals surface area contributed by atoms with Gasteiger partial charge in [-0.05, 0) is 31.7 Å². The zero-order valence-electron chi connectivity index (χ0n) is 12.1. The number of amides is 1. The van der Waals surface area contributed by atoms with E-state index in [9.17, 15) is 9.90 Å². The van der Waals surface area contributed by atoms with Crippen molar-refractivity contribution in [2.45, 2.75) is 44.1 Å². The van der Waals surface area contributed by atoms with E-state index in [0.29, 0.717) is 6.54 Å². The topological polar surface area (TPSA) is 40.5 Å². The first-order valence-electron chi connectivity index (χ1n) is 7.66. The molecule has 1 saturated carbocycles. The van der Waals surface area contributed by atoms with Crippen LogP contribution in [0.15, 0.2) is 30.3 Å². The molecule has 1 aliphatic carbocycles. The Kier molecular flexibility index (Phi) is 3.55. The standard InChI is InChI=1S/C17H23NO2/c1-13(19)14-8-11-18(12-14)16(20)17(9-5-10-17)15-6-3-2-4-7-15/h2-4,6-7,13-14,19H,5,8-12H2,1H3. The zero-order valence-corrected chi connectivity index (χ0v) is 12.1. The summed E-state index contributed by atoms with van der Waals surface area (Å²) in [6.45, 7) is 3.34. The van der Waals surface area contributed by atoms with E-state index < -0.39 is 0 Å². The fraction of sp³-hybridized carbons (Fsp3) is 0.588. The summed E-state index contributed by atoms with van der Waals surface area (Å²) in [4.78, 5) is 14.9. The predicted octanol–water partition coefficient (Wildman–Crippen LogP) is 2.34. The van der Waals surface area contributed by atoms with Gasteiger partial charge in [0.2, 0.25) is 5.91 Å². The molecule has 0 radical (unpaired) electrons. The molecule has 1 aliphatic heterocycles. The van der Waals surface area contributed by atoms with Crippen molar-refractivity contribution in [2.75, 3.05) is 13.1 Å². The molecule has 3 heteroatoms. The third kappa shape index (κ3) is 2.14. The number of likely N-dealkylation sites (tertiary alicyclic amines) is 1. The van der Waals surface area contributed by atoms with Crippen molar-refractivity contribution in [3.63, 3.8) is 0 Å². The Morgan fingerprint density at radius 2 is 2.05 bits per heavy atom. The van der Waals surface area contributed by atoms with Crippen LogP contribution in [-0.4, -0.2) is 35.1 Å². The van der Waals surface area contributed by atoms with Gasteiger partial charge in [-0.1, -0.05) is 36.8 Å². The summed E-state index contributed by atoms with van der Waals surface area (Å²) < 4.78 is 0. The average molecular weight is 273 g/mol. The van der Waals surface area contributed by atoms with Crippen LogP contribution in [0.3, 0.4) is 0 Å². The minimum absolute atomic E-state index is 0.242. The van der Waals surface area contributed by atoms with Crippen LogP contribution in [0.4, 0.5) is 0 Å². The van der Waals surface area contributed by atoms with Gasteiger partial charge in [0.1, 0.15) is 0 Å². The Morgan fingerprint density at radius 1 is 1.35 bits per heavy atom. The molecule has 1 heterocycles. The molecule has 20 heavy (non-hydrogen) atoms. The lowest BCUT2D eigenvalue weighted by Gasteiger charge is -2.43. The number of rotatable bonds is 3. The first kappa shape index (κ1) is 13.6. The van der Waals surface area contributed by atoms with Crippen molar-refractivity contribution in [1.29, 1.82) is 0 Å². The Labute approximate surface area is 120 Å². The maximum atomic E-state index is 13.0. The molecule has 108 valence electrons. The lowest BCUT2D eigenvalue weighted by atomic mass is 9.63. The van der Waals surface area contributed by atoms with Crippen LogP contribution in [0, 0.1) is 5.92 Å². The molecular formula is C17H23NO2. The van der Waals surface area contributed by atoms with E-state index in [-0.39, 0.29) is 23.3 Å². The second kappa shape index (κ2) is 5.21. The minimum atomic E-state index is -0.318. The highest BCUT2D eigenvalue weighted by Crippen LogP contribution is 2.45. The van der Waals surface area contributed by atoms with Crippen LogP contribution in [-0.2, 0) is 10.2 Å². The van der Waals surface area contributed by atoms with Gasteiger partial charge in [0, 0.05) is 19.0 Å². The van der Waals surface area contributed by atoms with E-state index in [2.05, 4.69) is 12.1 Å². The Hall–Kier alpha value is -1.35. The van der Waals surface area contributed by atoms with Gasteiger partial charge < -0.3 is 10.0 Å². The minimum Gasteiger partial charge on any atom is -0.393 e. The first-order valence-corrected chi connectivity index (χ1v) is 7.66. The summed E-state index contributed by atoms with van der Waals surface area (Å²) in [7, 11) is 0. The van der Waals surface area contributed by atoms with Crippen molar-refractivity contribution >= 4 is 5.91 Å². The summed E-state index contributed by atoms with van der Waals surface area (Å²) in [5.74, 6) is 0.518. The molecule has 3 rings (SSSR count). The molecule has 0 spiro atoms. The summed E-state index contributed by atoms with van der Waals surface area (Å²) in [6, 6.07) is 10.2. The molecule has 2 aliphatic rings. The summed E-state index contributed by atoms with van der Waals surface area (Å²) >= 11 is 0. The molecule has 1 aromatic carbocycles. The van der Waals surface area contributed by atoms with Crippen LogP contribution in [0.5, 0.6) is 0 Å². The van der Waals surface area contributed by atoms with Crippen LogP contribution in [0.2, 0.25) is 0 Å². The molecule has 1 saturated heterocycles. The number of carbonyl (C=O) groups excluding carboxylic acids is 1. The van der Waals surface area contributed by atoms with Gasteiger partial charge in [-0.15, -0.1) is 0 Å². The van der Waals surface area contributed by atoms with E-state index in [4.69, 9.17) is 0 Å². The highest BCUT2D eigenvalue weighted by Gasteiger charge is 2.48. The van der Waals surface area contributed by atoms with Crippen molar-refractivity contribution in [3.8, 4) is 0 Å². The molecule has 2 fully saturated rings. The smallest absolute Gasteiger partial charge is 0.233 e. The molecule has 3 nitrogen and oxygen atoms in total. The van der Waals surface area contributed by atoms with Crippen LogP contribution in [0.1, 0.15) is 38.2 Å². The normalized spacial score (nSPS) is 26.1. The number of aliphatic hydroxyl groups is 1. The number of hydrogen-bond acceptors (Lipinski definition) is 2. The van der Waals surface area contributed by atoms with Crippen LogP contribution < -0.4 is 0 Å². The lowest BCUT2D eigenvalue weighted by molar-refractivity contribution is -0.140. The number of nitrogens with zero attached hydrogens (tertiary/aromatic N) is 1. The summed E-state index contributed by atoms with van der Waals surface area (Å²) in [6.07, 6.45) is 3.67.